The number of rotatable bonds is 11. The third-order valence-corrected chi connectivity index (χ3v) is 13.9. The Morgan fingerprint density at radius 2 is 1.66 bits per heavy atom. The van der Waals surface area contributed by atoms with Gasteiger partial charge >= 0.3 is 0 Å². The first-order valence-corrected chi connectivity index (χ1v) is 19.9. The van der Waals surface area contributed by atoms with Crippen LogP contribution in [0.2, 0.25) is 0 Å². The van der Waals surface area contributed by atoms with Crippen molar-refractivity contribution < 1.29 is 19.8 Å². The zero-order valence-electron chi connectivity index (χ0n) is 31.5. The van der Waals surface area contributed by atoms with Gasteiger partial charge in [-0.15, -0.1) is 0 Å². The predicted molar refractivity (Wildman–Crippen MR) is 211 cm³/mol. The number of nitrogens with one attached hydrogen (secondary N) is 2. The van der Waals surface area contributed by atoms with Crippen LogP contribution in [0, 0.1) is 31.1 Å². The molecule has 2 saturated carbocycles. The fourth-order valence-corrected chi connectivity index (χ4v) is 11.1. The van der Waals surface area contributed by atoms with Crippen LogP contribution in [0.25, 0.3) is 32.6 Å². The molecule has 8 rings (SSSR count). The van der Waals surface area contributed by atoms with Crippen LogP contribution in [-0.2, 0) is 22.6 Å². The van der Waals surface area contributed by atoms with E-state index in [1.807, 2.05) is 30.6 Å². The van der Waals surface area contributed by atoms with Crippen LogP contribution in [-0.4, -0.2) is 50.3 Å². The summed E-state index contributed by atoms with van der Waals surface area (Å²) < 4.78 is 2.17. The van der Waals surface area contributed by atoms with Crippen molar-refractivity contribution in [1.29, 1.82) is 0 Å². The average molecular weight is 715 g/mol. The highest BCUT2D eigenvalue weighted by Crippen LogP contribution is 2.65. The van der Waals surface area contributed by atoms with Crippen molar-refractivity contribution in [2.75, 3.05) is 13.1 Å². The van der Waals surface area contributed by atoms with Crippen LogP contribution in [0.1, 0.15) is 99.3 Å². The van der Waals surface area contributed by atoms with Gasteiger partial charge in [0.2, 0.25) is 11.8 Å². The van der Waals surface area contributed by atoms with E-state index >= 15 is 0 Å². The van der Waals surface area contributed by atoms with E-state index in [2.05, 4.69) is 71.3 Å². The van der Waals surface area contributed by atoms with Crippen molar-refractivity contribution in [3.8, 4) is 5.75 Å². The predicted octanol–water partition coefficient (Wildman–Crippen LogP) is 8.14. The Balaban J connectivity index is 0.788. The second-order valence-electron chi connectivity index (χ2n) is 16.6. The molecule has 2 fully saturated rings. The molecule has 3 aromatic carbocycles. The molecular weight excluding hydrogens is 661 g/mol. The highest BCUT2D eigenvalue weighted by molar-refractivity contribution is 6.17. The lowest BCUT2D eigenvalue weighted by molar-refractivity contribution is -0.139. The van der Waals surface area contributed by atoms with Crippen LogP contribution in [0.4, 0.5) is 0 Å². The Labute approximate surface area is 312 Å². The highest BCUT2D eigenvalue weighted by atomic mass is 16.3. The quantitative estimate of drug-likeness (QED) is 0.103. The molecule has 2 heterocycles. The van der Waals surface area contributed by atoms with E-state index in [1.165, 1.54) is 27.5 Å². The number of aromatic hydroxyl groups is 1. The van der Waals surface area contributed by atoms with Gasteiger partial charge in [-0.2, -0.15) is 0 Å². The van der Waals surface area contributed by atoms with Gasteiger partial charge in [-0.05, 0) is 140 Å². The number of phenols is 1. The van der Waals surface area contributed by atoms with E-state index in [-0.39, 0.29) is 30.2 Å². The minimum absolute atomic E-state index is 0.00894. The largest absolute Gasteiger partial charge is 0.508 e. The third-order valence-electron chi connectivity index (χ3n) is 13.9. The number of para-hydroxylation sites is 1. The summed E-state index contributed by atoms with van der Waals surface area (Å²) in [6, 6.07) is 16.3. The zero-order chi connectivity index (χ0) is 36.9. The molecule has 0 bridgehead atoms. The summed E-state index contributed by atoms with van der Waals surface area (Å²) in [5.74, 6) is 1.72. The number of aromatic nitrogens is 2. The number of aryl methyl sites for hydroxylation is 3. The lowest BCUT2D eigenvalue weighted by Gasteiger charge is -2.53. The van der Waals surface area contributed by atoms with Crippen molar-refractivity contribution in [3.63, 3.8) is 0 Å². The molecule has 8 nitrogen and oxygen atoms in total. The van der Waals surface area contributed by atoms with Crippen molar-refractivity contribution in [2.45, 2.75) is 109 Å². The van der Waals surface area contributed by atoms with Gasteiger partial charge in [-0.25, -0.2) is 0 Å². The summed E-state index contributed by atoms with van der Waals surface area (Å²) in [5.41, 5.74) is 5.96. The lowest BCUT2D eigenvalue weighted by Crippen LogP contribution is -2.52. The number of nitrogens with zero attached hydrogens (tertiary/aromatic N) is 2. The van der Waals surface area contributed by atoms with Crippen molar-refractivity contribution in [3.05, 3.63) is 83.2 Å². The number of fused-ring (bicyclic) bond motifs is 9. The SMILES string of the molecule is Cc1c2cnccc2c(C)c2c1c1ccccc1n2CC(=O)NCCCCCCNC(=O)C[C@]1(O)CC[C@H]2[C@@H]3CCc4cc(O)ccc4[C@H]3CC[C@@]21C. The average Bonchev–Trinajstić information content (AvgIpc) is 3.62. The Kier molecular flexibility index (Phi) is 9.46. The number of aliphatic hydroxyl groups is 1. The second kappa shape index (κ2) is 14.1. The molecule has 278 valence electrons. The molecule has 2 aromatic heterocycles. The van der Waals surface area contributed by atoms with Crippen LogP contribution in [0.15, 0.2) is 60.9 Å². The van der Waals surface area contributed by atoms with Crippen LogP contribution in [0.3, 0.4) is 0 Å². The Hall–Kier alpha value is -4.43. The number of unbranched alkanes of at least 4 members (excludes halogenated alkanes) is 3. The van der Waals surface area contributed by atoms with Crippen molar-refractivity contribution >= 4 is 44.4 Å². The summed E-state index contributed by atoms with van der Waals surface area (Å²) in [6.45, 7) is 8.02. The molecule has 5 atom stereocenters. The molecule has 0 unspecified atom stereocenters. The van der Waals surface area contributed by atoms with E-state index < -0.39 is 5.60 Å². The van der Waals surface area contributed by atoms with Gasteiger partial charge in [0, 0.05) is 47.2 Å². The van der Waals surface area contributed by atoms with Crippen LogP contribution < -0.4 is 10.6 Å². The summed E-state index contributed by atoms with van der Waals surface area (Å²) in [5, 5.41) is 32.9. The topological polar surface area (TPSA) is 116 Å². The molecule has 0 radical (unpaired) electrons. The fourth-order valence-electron chi connectivity index (χ4n) is 11.1. The highest BCUT2D eigenvalue weighted by Gasteiger charge is 2.61. The Bertz CT molecular complexity index is 2210. The van der Waals surface area contributed by atoms with E-state index in [1.54, 1.807) is 0 Å². The third kappa shape index (κ3) is 6.17. The summed E-state index contributed by atoms with van der Waals surface area (Å²) in [6.07, 6.45) is 13.3. The Morgan fingerprint density at radius 3 is 2.47 bits per heavy atom. The van der Waals surface area contributed by atoms with Crippen LogP contribution >= 0.6 is 0 Å². The molecule has 0 aliphatic heterocycles. The minimum Gasteiger partial charge on any atom is -0.508 e. The van der Waals surface area contributed by atoms with Gasteiger partial charge in [-0.1, -0.05) is 44.0 Å². The molecule has 3 aliphatic carbocycles. The monoisotopic (exact) mass is 714 g/mol. The van der Waals surface area contributed by atoms with E-state index in [9.17, 15) is 19.8 Å². The number of hydrogen-bond donors (Lipinski definition) is 4. The normalized spacial score (nSPS) is 24.9. The van der Waals surface area contributed by atoms with Crippen molar-refractivity contribution in [1.82, 2.24) is 20.2 Å². The number of benzene rings is 3. The molecule has 0 saturated heterocycles. The number of amides is 2. The fraction of sp³-hybridized carbons (Fsp3) is 0.489. The molecule has 3 aliphatic rings. The number of pyridine rings is 1. The molecule has 53 heavy (non-hydrogen) atoms. The van der Waals surface area contributed by atoms with E-state index in [0.717, 1.165) is 85.2 Å². The number of phenolic OH excluding ortho intramolecular Hbond substituents is 1. The summed E-state index contributed by atoms with van der Waals surface area (Å²) in [7, 11) is 0. The summed E-state index contributed by atoms with van der Waals surface area (Å²) in [4.78, 5) is 30.8. The number of hydrogen-bond acceptors (Lipinski definition) is 5. The first-order chi connectivity index (χ1) is 25.6. The van der Waals surface area contributed by atoms with E-state index in [4.69, 9.17) is 0 Å². The van der Waals surface area contributed by atoms with Gasteiger partial charge in [-0.3, -0.25) is 14.6 Å². The zero-order valence-corrected chi connectivity index (χ0v) is 31.5. The smallest absolute Gasteiger partial charge is 0.239 e. The van der Waals surface area contributed by atoms with Crippen LogP contribution in [0.5, 0.6) is 5.75 Å². The molecule has 4 N–H and O–H groups in total. The Morgan fingerprint density at radius 1 is 0.887 bits per heavy atom. The first kappa shape index (κ1) is 35.6. The van der Waals surface area contributed by atoms with Gasteiger partial charge < -0.3 is 25.4 Å². The first-order valence-electron chi connectivity index (χ1n) is 19.9. The summed E-state index contributed by atoms with van der Waals surface area (Å²) >= 11 is 0. The second-order valence-corrected chi connectivity index (χ2v) is 16.6. The molecule has 8 heteroatoms. The lowest BCUT2D eigenvalue weighted by atomic mass is 9.53. The van der Waals surface area contributed by atoms with Gasteiger partial charge in [0.05, 0.1) is 17.5 Å². The maximum Gasteiger partial charge on any atom is 0.239 e. The van der Waals surface area contributed by atoms with Gasteiger partial charge in [0.25, 0.3) is 0 Å². The van der Waals surface area contributed by atoms with Gasteiger partial charge in [0.15, 0.2) is 0 Å². The molecular formula is C45H54N4O4. The van der Waals surface area contributed by atoms with Crippen molar-refractivity contribution in [2.24, 2.45) is 17.3 Å². The maximum atomic E-state index is 13.3. The molecule has 2 amide bonds. The standard InChI is InChI=1S/C45H54N4O4/c1-28-37-26-46-23-18-32(37)29(2)43-42(28)36-10-6-7-11-39(36)49(43)27-41(52)48-22-9-5-4-8-21-47-40(51)25-45(53)20-17-38-35-14-12-30-24-31(50)13-15-33(30)34(35)16-19-44(38,45)3/h6-7,10-11,13,15,18,23-24,26,34-35,38,50,53H,4-5,8-9,12,14,16-17,19-22,25,27H2,1-3H3,(H,47,51)(H,48,52)/t34-,35-,38+,44+,45-/m1/s1. The number of carbonyl (C=O) groups excluding carboxylic acids is 2. The van der Waals surface area contributed by atoms with E-state index in [0.29, 0.717) is 43.0 Å². The maximum absolute atomic E-state index is 13.3. The molecule has 5 aromatic rings. The number of carbonyl (C=O) groups is 2. The van der Waals surface area contributed by atoms with Gasteiger partial charge in [0.1, 0.15) is 12.3 Å². The molecule has 0 spiro atoms. The minimum atomic E-state index is -0.970.